The molecule has 0 fully saturated rings. The van der Waals surface area contributed by atoms with E-state index in [1.54, 1.807) is 0 Å². The van der Waals surface area contributed by atoms with Crippen molar-refractivity contribution >= 4 is 5.69 Å². The predicted molar refractivity (Wildman–Crippen MR) is 83.6 cm³/mol. The lowest BCUT2D eigenvalue weighted by atomic mass is 9.94. The van der Waals surface area contributed by atoms with E-state index < -0.39 is 0 Å². The minimum absolute atomic E-state index is 0.0528. The second-order valence-electron chi connectivity index (χ2n) is 5.65. The van der Waals surface area contributed by atoms with Gasteiger partial charge in [0, 0.05) is 5.54 Å². The number of nitrogens with one attached hydrogen (secondary N) is 1. The number of anilines is 1. The third-order valence-electron chi connectivity index (χ3n) is 3.40. The van der Waals surface area contributed by atoms with E-state index in [4.69, 9.17) is 5.26 Å². The fraction of sp³-hybridized carbons (Fsp3) is 0.278. The molecule has 1 N–H and O–H groups in total. The molecule has 0 amide bonds. The van der Waals surface area contributed by atoms with Gasteiger partial charge >= 0.3 is 0 Å². The highest BCUT2D eigenvalue weighted by Crippen LogP contribution is 2.22. The fourth-order valence-corrected chi connectivity index (χ4v) is 2.22. The van der Waals surface area contributed by atoms with E-state index in [1.165, 1.54) is 5.56 Å². The van der Waals surface area contributed by atoms with Crippen LogP contribution < -0.4 is 5.32 Å². The van der Waals surface area contributed by atoms with Crippen molar-refractivity contribution in [2.75, 3.05) is 5.32 Å². The molecule has 102 valence electrons. The van der Waals surface area contributed by atoms with Gasteiger partial charge in [-0.05, 0) is 44.4 Å². The lowest BCUT2D eigenvalue weighted by Crippen LogP contribution is -2.31. The molecule has 0 atom stereocenters. The highest BCUT2D eigenvalue weighted by atomic mass is 15.0. The van der Waals surface area contributed by atoms with E-state index >= 15 is 0 Å². The Kier molecular flexibility index (Phi) is 4.42. The summed E-state index contributed by atoms with van der Waals surface area (Å²) in [5, 5.41) is 12.6. The first-order valence-corrected chi connectivity index (χ1v) is 6.92. The van der Waals surface area contributed by atoms with Crippen LogP contribution in [0.2, 0.25) is 0 Å². The van der Waals surface area contributed by atoms with Crippen molar-refractivity contribution in [2.24, 2.45) is 0 Å². The summed E-state index contributed by atoms with van der Waals surface area (Å²) in [4.78, 5) is 0. The molecule has 2 rings (SSSR count). The molecule has 2 aromatic carbocycles. The van der Waals surface area contributed by atoms with Crippen LogP contribution in [0.1, 0.15) is 31.4 Å². The van der Waals surface area contributed by atoms with Crippen LogP contribution in [0, 0.1) is 11.3 Å². The number of rotatable bonds is 5. The summed E-state index contributed by atoms with van der Waals surface area (Å²) < 4.78 is 0. The van der Waals surface area contributed by atoms with Crippen molar-refractivity contribution < 1.29 is 0 Å². The van der Waals surface area contributed by atoms with E-state index in [9.17, 15) is 0 Å². The Bertz CT molecular complexity index is 594. The summed E-state index contributed by atoms with van der Waals surface area (Å²) in [7, 11) is 0. The predicted octanol–water partition coefficient (Wildman–Crippen LogP) is 4.38. The molecule has 0 aliphatic rings. The number of nitriles is 1. The maximum atomic E-state index is 9.13. The number of hydrogen-bond donors (Lipinski definition) is 1. The minimum atomic E-state index is -0.0528. The van der Waals surface area contributed by atoms with Crippen LogP contribution in [0.5, 0.6) is 0 Å². The number of aryl methyl sites for hydroxylation is 1. The van der Waals surface area contributed by atoms with Crippen LogP contribution in [0.25, 0.3) is 0 Å². The van der Waals surface area contributed by atoms with Gasteiger partial charge in [0.15, 0.2) is 0 Å². The van der Waals surface area contributed by atoms with Crippen molar-refractivity contribution in [1.82, 2.24) is 0 Å². The summed E-state index contributed by atoms with van der Waals surface area (Å²) in [5.74, 6) is 0. The zero-order valence-electron chi connectivity index (χ0n) is 12.1. The smallest absolute Gasteiger partial charge is 0.101 e. The zero-order valence-corrected chi connectivity index (χ0v) is 12.1. The van der Waals surface area contributed by atoms with Crippen LogP contribution >= 0.6 is 0 Å². The van der Waals surface area contributed by atoms with Crippen LogP contribution in [-0.2, 0) is 6.42 Å². The van der Waals surface area contributed by atoms with Crippen LogP contribution in [0.15, 0.2) is 54.6 Å². The Balaban J connectivity index is 2.02. The van der Waals surface area contributed by atoms with Crippen molar-refractivity contribution in [2.45, 2.75) is 32.2 Å². The SMILES string of the molecule is CC(C)(CCc1ccccc1)Nc1ccccc1C#N. The molecule has 0 aliphatic carbocycles. The number of para-hydroxylation sites is 1. The van der Waals surface area contributed by atoms with Gasteiger partial charge in [-0.25, -0.2) is 0 Å². The molecule has 0 radical (unpaired) electrons. The van der Waals surface area contributed by atoms with E-state index in [0.717, 1.165) is 18.5 Å². The maximum absolute atomic E-state index is 9.13. The average Bonchev–Trinajstić information content (AvgIpc) is 2.47. The van der Waals surface area contributed by atoms with Crippen molar-refractivity contribution in [3.8, 4) is 6.07 Å². The Morgan fingerprint density at radius 1 is 1.00 bits per heavy atom. The zero-order chi connectivity index (χ0) is 14.4. The molecule has 0 heterocycles. The third kappa shape index (κ3) is 3.86. The Morgan fingerprint density at radius 3 is 2.35 bits per heavy atom. The average molecular weight is 264 g/mol. The molecule has 0 unspecified atom stereocenters. The molecular formula is C18H20N2. The van der Waals surface area contributed by atoms with Gasteiger partial charge in [0.2, 0.25) is 0 Å². The molecule has 2 aromatic rings. The van der Waals surface area contributed by atoms with Gasteiger partial charge in [-0.15, -0.1) is 0 Å². The largest absolute Gasteiger partial charge is 0.379 e. The van der Waals surface area contributed by atoms with Crippen molar-refractivity contribution in [1.29, 1.82) is 5.26 Å². The highest BCUT2D eigenvalue weighted by Gasteiger charge is 2.18. The van der Waals surface area contributed by atoms with E-state index in [1.807, 2.05) is 30.3 Å². The molecule has 2 heteroatoms. The van der Waals surface area contributed by atoms with Gasteiger partial charge < -0.3 is 5.32 Å². The Hall–Kier alpha value is -2.27. The molecule has 2 nitrogen and oxygen atoms in total. The van der Waals surface area contributed by atoms with E-state index in [-0.39, 0.29) is 5.54 Å². The van der Waals surface area contributed by atoms with Crippen LogP contribution in [0.4, 0.5) is 5.69 Å². The number of nitrogens with zero attached hydrogens (tertiary/aromatic N) is 1. The maximum Gasteiger partial charge on any atom is 0.101 e. The number of hydrogen-bond acceptors (Lipinski definition) is 2. The Morgan fingerprint density at radius 2 is 1.65 bits per heavy atom. The first-order valence-electron chi connectivity index (χ1n) is 6.92. The summed E-state index contributed by atoms with van der Waals surface area (Å²) in [6, 6.07) is 20.4. The summed E-state index contributed by atoms with van der Waals surface area (Å²) >= 11 is 0. The van der Waals surface area contributed by atoms with Crippen LogP contribution in [-0.4, -0.2) is 5.54 Å². The molecule has 0 saturated carbocycles. The second kappa shape index (κ2) is 6.25. The first kappa shape index (κ1) is 14.1. The summed E-state index contributed by atoms with van der Waals surface area (Å²) in [6.07, 6.45) is 2.03. The molecule has 0 spiro atoms. The highest BCUT2D eigenvalue weighted by molar-refractivity contribution is 5.58. The fourth-order valence-electron chi connectivity index (χ4n) is 2.22. The normalized spacial score (nSPS) is 10.8. The number of benzene rings is 2. The van der Waals surface area contributed by atoms with Gasteiger partial charge in [-0.3, -0.25) is 0 Å². The topological polar surface area (TPSA) is 35.8 Å². The minimum Gasteiger partial charge on any atom is -0.379 e. The third-order valence-corrected chi connectivity index (χ3v) is 3.40. The quantitative estimate of drug-likeness (QED) is 0.869. The lowest BCUT2D eigenvalue weighted by molar-refractivity contribution is 0.518. The van der Waals surface area contributed by atoms with Crippen LogP contribution in [0.3, 0.4) is 0 Å². The standard InChI is InChI=1S/C18H20N2/c1-18(2,13-12-15-8-4-3-5-9-15)20-17-11-7-6-10-16(17)14-19/h3-11,20H,12-13H2,1-2H3. The molecule has 0 aromatic heterocycles. The Labute approximate surface area is 121 Å². The van der Waals surface area contributed by atoms with Gasteiger partial charge in [0.05, 0.1) is 11.3 Å². The lowest BCUT2D eigenvalue weighted by Gasteiger charge is -2.28. The van der Waals surface area contributed by atoms with E-state index in [2.05, 4.69) is 49.5 Å². The molecular weight excluding hydrogens is 244 g/mol. The van der Waals surface area contributed by atoms with Gasteiger partial charge in [0.25, 0.3) is 0 Å². The molecule has 0 bridgehead atoms. The van der Waals surface area contributed by atoms with Crippen molar-refractivity contribution in [3.63, 3.8) is 0 Å². The molecule has 0 saturated heterocycles. The van der Waals surface area contributed by atoms with E-state index in [0.29, 0.717) is 5.56 Å². The monoisotopic (exact) mass is 264 g/mol. The molecule has 20 heavy (non-hydrogen) atoms. The van der Waals surface area contributed by atoms with Gasteiger partial charge in [-0.2, -0.15) is 5.26 Å². The van der Waals surface area contributed by atoms with Gasteiger partial charge in [-0.1, -0.05) is 42.5 Å². The van der Waals surface area contributed by atoms with Gasteiger partial charge in [0.1, 0.15) is 6.07 Å². The second-order valence-corrected chi connectivity index (χ2v) is 5.65. The van der Waals surface area contributed by atoms with Crippen molar-refractivity contribution in [3.05, 3.63) is 65.7 Å². The summed E-state index contributed by atoms with van der Waals surface area (Å²) in [5.41, 5.74) is 2.90. The molecule has 0 aliphatic heterocycles. The summed E-state index contributed by atoms with van der Waals surface area (Å²) in [6.45, 7) is 4.34. The first-order chi connectivity index (χ1) is 9.61.